The highest BCUT2D eigenvalue weighted by molar-refractivity contribution is 7.86. The fraction of sp³-hybridized carbons (Fsp3) is 1.00. The Kier molecular flexibility index (Phi) is 10.3. The van der Waals surface area contributed by atoms with Gasteiger partial charge in [-0.05, 0) is 6.42 Å². The summed E-state index contributed by atoms with van der Waals surface area (Å²) in [4.78, 5) is 0. The highest BCUT2D eigenvalue weighted by Crippen LogP contribution is 2.57. The average molecular weight is 475 g/mol. The second kappa shape index (κ2) is 12.5. The number of fused-ring (bicyclic) bond motifs is 1. The maximum Gasteiger partial charge on any atom is 0.295 e. The van der Waals surface area contributed by atoms with Crippen LogP contribution >= 0.6 is 0 Å². The van der Waals surface area contributed by atoms with Crippen molar-refractivity contribution in [2.75, 3.05) is 13.2 Å². The molecule has 7 heteroatoms. The molecule has 4 atom stereocenters. The molecule has 0 saturated carbocycles. The quantitative estimate of drug-likeness (QED) is 0.212. The Bertz CT molecular complexity index is 641. The molecule has 0 bridgehead atoms. The van der Waals surface area contributed by atoms with Crippen LogP contribution in [0.1, 0.15) is 122 Å². The molecule has 3 saturated heterocycles. The van der Waals surface area contributed by atoms with Gasteiger partial charge in [0, 0.05) is 19.3 Å². The summed E-state index contributed by atoms with van der Waals surface area (Å²) >= 11 is 0. The van der Waals surface area contributed by atoms with E-state index < -0.39 is 26.8 Å². The Balaban J connectivity index is 1.20. The molecule has 3 aliphatic heterocycles. The van der Waals surface area contributed by atoms with Crippen LogP contribution in [0, 0.1) is 0 Å². The zero-order valence-corrected chi connectivity index (χ0v) is 21.0. The third kappa shape index (κ3) is 6.47. The van der Waals surface area contributed by atoms with Gasteiger partial charge in [0.05, 0.1) is 19.3 Å². The van der Waals surface area contributed by atoms with Gasteiger partial charge in [-0.1, -0.05) is 96.8 Å². The van der Waals surface area contributed by atoms with Gasteiger partial charge in [-0.25, -0.2) is 0 Å². The predicted octanol–water partition coefficient (Wildman–Crippen LogP) is 6.18. The van der Waals surface area contributed by atoms with E-state index in [2.05, 4.69) is 6.92 Å². The zero-order chi connectivity index (χ0) is 22.9. The fourth-order valence-electron chi connectivity index (χ4n) is 6.06. The summed E-state index contributed by atoms with van der Waals surface area (Å²) in [5, 5.41) is 0. The van der Waals surface area contributed by atoms with E-state index in [0.29, 0.717) is 19.4 Å². The normalized spacial score (nSPS) is 32.2. The van der Waals surface area contributed by atoms with Crippen molar-refractivity contribution in [3.63, 3.8) is 0 Å². The van der Waals surface area contributed by atoms with Crippen LogP contribution in [0.3, 0.4) is 0 Å². The molecule has 0 aromatic heterocycles. The molecule has 3 aliphatic rings. The Labute approximate surface area is 195 Å². The molecule has 3 rings (SSSR count). The first kappa shape index (κ1) is 26.4. The highest BCUT2D eigenvalue weighted by Gasteiger charge is 2.71. The Morgan fingerprint density at radius 2 is 1.34 bits per heavy atom. The third-order valence-corrected chi connectivity index (χ3v) is 8.92. The van der Waals surface area contributed by atoms with Crippen LogP contribution < -0.4 is 0 Å². The first-order valence-corrected chi connectivity index (χ1v) is 14.8. The SMILES string of the molecule is CCCCCCCCCCCCCCCCC1CC2(CCOC23CCOC3S(=O)(=O)O)O1. The molecule has 3 fully saturated rings. The monoisotopic (exact) mass is 474 g/mol. The van der Waals surface area contributed by atoms with Crippen LogP contribution in [-0.2, 0) is 24.3 Å². The molecule has 1 N–H and O–H groups in total. The van der Waals surface area contributed by atoms with E-state index in [1.54, 1.807) is 0 Å². The Morgan fingerprint density at radius 1 is 0.812 bits per heavy atom. The van der Waals surface area contributed by atoms with E-state index in [9.17, 15) is 13.0 Å². The van der Waals surface area contributed by atoms with Gasteiger partial charge in [-0.2, -0.15) is 8.42 Å². The number of unbranched alkanes of at least 4 members (excludes halogenated alkanes) is 13. The van der Waals surface area contributed by atoms with Gasteiger partial charge >= 0.3 is 0 Å². The summed E-state index contributed by atoms with van der Waals surface area (Å²) in [6.45, 7) is 3.01. The molecule has 4 unspecified atom stereocenters. The van der Waals surface area contributed by atoms with Crippen molar-refractivity contribution in [3.05, 3.63) is 0 Å². The minimum Gasteiger partial charge on any atom is -0.368 e. The van der Waals surface area contributed by atoms with Crippen molar-refractivity contribution in [3.8, 4) is 0 Å². The molecule has 6 nitrogen and oxygen atoms in total. The van der Waals surface area contributed by atoms with Crippen molar-refractivity contribution >= 4 is 10.1 Å². The van der Waals surface area contributed by atoms with Gasteiger partial charge in [0.25, 0.3) is 10.1 Å². The molecular formula is C25H46O6S. The minimum absolute atomic E-state index is 0.175. The van der Waals surface area contributed by atoms with E-state index in [1.165, 1.54) is 83.5 Å². The number of hydrogen-bond acceptors (Lipinski definition) is 5. The standard InChI is InChI=1S/C25H46O6S/c1-2-3-4-5-6-7-8-9-10-11-12-13-14-15-16-22-21-24(31-22)17-20-30-25(24)18-19-29-23(25)32(26,27)28/h22-23H,2-21H2,1H3,(H,26,27,28). The summed E-state index contributed by atoms with van der Waals surface area (Å²) in [6, 6.07) is 0. The maximum atomic E-state index is 11.8. The molecule has 3 heterocycles. The molecule has 32 heavy (non-hydrogen) atoms. The lowest BCUT2D eigenvalue weighted by Crippen LogP contribution is -2.67. The van der Waals surface area contributed by atoms with E-state index in [4.69, 9.17) is 14.2 Å². The van der Waals surface area contributed by atoms with Crippen molar-refractivity contribution in [1.82, 2.24) is 0 Å². The van der Waals surface area contributed by atoms with Crippen LogP contribution in [0.25, 0.3) is 0 Å². The molecular weight excluding hydrogens is 428 g/mol. The van der Waals surface area contributed by atoms with Gasteiger partial charge in [-0.15, -0.1) is 0 Å². The molecule has 0 radical (unpaired) electrons. The largest absolute Gasteiger partial charge is 0.368 e. The molecule has 2 spiro atoms. The van der Waals surface area contributed by atoms with Crippen LogP contribution in [0.15, 0.2) is 0 Å². The van der Waals surface area contributed by atoms with Crippen LogP contribution in [0.2, 0.25) is 0 Å². The van der Waals surface area contributed by atoms with Crippen LogP contribution in [0.4, 0.5) is 0 Å². The first-order valence-electron chi connectivity index (χ1n) is 13.3. The van der Waals surface area contributed by atoms with Gasteiger partial charge < -0.3 is 14.2 Å². The summed E-state index contributed by atoms with van der Waals surface area (Å²) in [6.07, 6.45) is 22.1. The van der Waals surface area contributed by atoms with Crippen molar-refractivity contribution in [2.24, 2.45) is 0 Å². The van der Waals surface area contributed by atoms with Crippen LogP contribution in [-0.4, -0.2) is 48.9 Å². The minimum atomic E-state index is -4.33. The first-order chi connectivity index (χ1) is 15.4. The second-order valence-corrected chi connectivity index (χ2v) is 11.7. The number of hydrogen-bond donors (Lipinski definition) is 1. The summed E-state index contributed by atoms with van der Waals surface area (Å²) in [7, 11) is -4.33. The van der Waals surface area contributed by atoms with E-state index >= 15 is 0 Å². The predicted molar refractivity (Wildman–Crippen MR) is 126 cm³/mol. The lowest BCUT2D eigenvalue weighted by atomic mass is 9.72. The number of rotatable bonds is 16. The van der Waals surface area contributed by atoms with Crippen molar-refractivity contribution in [1.29, 1.82) is 0 Å². The highest BCUT2D eigenvalue weighted by atomic mass is 32.2. The maximum absolute atomic E-state index is 11.8. The molecule has 0 aromatic carbocycles. The smallest absolute Gasteiger partial charge is 0.295 e. The molecule has 0 aliphatic carbocycles. The van der Waals surface area contributed by atoms with Gasteiger partial charge in [-0.3, -0.25) is 4.55 Å². The lowest BCUT2D eigenvalue weighted by molar-refractivity contribution is -0.268. The third-order valence-electron chi connectivity index (χ3n) is 7.86. The summed E-state index contributed by atoms with van der Waals surface area (Å²) in [5.74, 6) is 0. The van der Waals surface area contributed by atoms with E-state index in [0.717, 1.165) is 19.3 Å². The summed E-state index contributed by atoms with van der Waals surface area (Å²) in [5.41, 5.74) is -2.96. The summed E-state index contributed by atoms with van der Waals surface area (Å²) < 4.78 is 50.8. The molecule has 0 aromatic rings. The Hall–Kier alpha value is -0.210. The van der Waals surface area contributed by atoms with Crippen LogP contribution in [0.5, 0.6) is 0 Å². The van der Waals surface area contributed by atoms with Gasteiger partial charge in [0.15, 0.2) is 0 Å². The topological polar surface area (TPSA) is 82.1 Å². The van der Waals surface area contributed by atoms with Gasteiger partial charge in [0.2, 0.25) is 5.44 Å². The van der Waals surface area contributed by atoms with Crippen molar-refractivity contribution in [2.45, 2.75) is 145 Å². The van der Waals surface area contributed by atoms with E-state index in [1.807, 2.05) is 0 Å². The van der Waals surface area contributed by atoms with Crippen molar-refractivity contribution < 1.29 is 27.2 Å². The fourth-order valence-corrected chi connectivity index (χ4v) is 7.21. The molecule has 0 amide bonds. The van der Waals surface area contributed by atoms with E-state index in [-0.39, 0.29) is 12.7 Å². The number of ether oxygens (including phenoxy) is 3. The zero-order valence-electron chi connectivity index (χ0n) is 20.2. The average Bonchev–Trinajstić information content (AvgIpc) is 3.33. The van der Waals surface area contributed by atoms with Gasteiger partial charge in [0.1, 0.15) is 11.2 Å². The second-order valence-electron chi connectivity index (χ2n) is 10.3. The Morgan fingerprint density at radius 3 is 1.88 bits per heavy atom. The molecule has 188 valence electrons. The lowest BCUT2D eigenvalue weighted by Gasteiger charge is -2.53.